The number of carbonyl (C=O) groups is 1. The van der Waals surface area contributed by atoms with Gasteiger partial charge in [0.05, 0.1) is 6.54 Å². The molecule has 1 N–H and O–H groups in total. The van der Waals surface area contributed by atoms with E-state index in [2.05, 4.69) is 32.6 Å². The average Bonchev–Trinajstić information content (AvgIpc) is 2.18. The Kier molecular flexibility index (Phi) is 4.99. The lowest BCUT2D eigenvalue weighted by atomic mass is 9.82. The Bertz CT molecular complexity index is 249. The number of carboxylic acid groups (broad SMARTS) is 1. The summed E-state index contributed by atoms with van der Waals surface area (Å²) in [7, 11) is 0. The SMILES string of the molecule is CC1CCC(CN(CC(=O)O)C(C)(C)C)CC1. The minimum absolute atomic E-state index is 0.0541. The van der Waals surface area contributed by atoms with Gasteiger partial charge in [-0.25, -0.2) is 0 Å². The first-order chi connectivity index (χ1) is 7.79. The first-order valence-corrected chi connectivity index (χ1v) is 6.76. The van der Waals surface area contributed by atoms with Crippen LogP contribution in [0.5, 0.6) is 0 Å². The quantitative estimate of drug-likeness (QED) is 0.822. The highest BCUT2D eigenvalue weighted by Gasteiger charge is 2.28. The van der Waals surface area contributed by atoms with E-state index in [1.54, 1.807) is 0 Å². The molecular weight excluding hydrogens is 214 g/mol. The van der Waals surface area contributed by atoms with Gasteiger partial charge in [-0.2, -0.15) is 0 Å². The molecule has 17 heavy (non-hydrogen) atoms. The zero-order valence-electron chi connectivity index (χ0n) is 11.7. The molecule has 0 bridgehead atoms. The van der Waals surface area contributed by atoms with Gasteiger partial charge < -0.3 is 5.11 Å². The van der Waals surface area contributed by atoms with Crippen LogP contribution in [0.2, 0.25) is 0 Å². The first-order valence-electron chi connectivity index (χ1n) is 6.76. The molecule has 1 rings (SSSR count). The molecule has 0 unspecified atom stereocenters. The second kappa shape index (κ2) is 5.85. The molecule has 1 saturated carbocycles. The van der Waals surface area contributed by atoms with Crippen LogP contribution < -0.4 is 0 Å². The van der Waals surface area contributed by atoms with Crippen LogP contribution in [0, 0.1) is 11.8 Å². The van der Waals surface area contributed by atoms with E-state index in [0.717, 1.165) is 12.5 Å². The Morgan fingerprint density at radius 1 is 1.24 bits per heavy atom. The van der Waals surface area contributed by atoms with Crippen LogP contribution in [0.4, 0.5) is 0 Å². The summed E-state index contributed by atoms with van der Waals surface area (Å²) in [5, 5.41) is 8.98. The first kappa shape index (κ1) is 14.5. The molecule has 0 aliphatic heterocycles. The van der Waals surface area contributed by atoms with Gasteiger partial charge in [0, 0.05) is 12.1 Å². The molecule has 0 aromatic rings. The predicted molar refractivity (Wildman–Crippen MR) is 70.1 cm³/mol. The minimum Gasteiger partial charge on any atom is -0.480 e. The topological polar surface area (TPSA) is 40.5 Å². The lowest BCUT2D eigenvalue weighted by molar-refractivity contribution is -0.140. The van der Waals surface area contributed by atoms with Gasteiger partial charge in [-0.3, -0.25) is 9.69 Å². The Morgan fingerprint density at radius 2 is 1.76 bits per heavy atom. The third-order valence-electron chi connectivity index (χ3n) is 3.89. The lowest BCUT2D eigenvalue weighted by Crippen LogP contribution is -2.47. The fourth-order valence-corrected chi connectivity index (χ4v) is 2.56. The summed E-state index contributed by atoms with van der Waals surface area (Å²) in [4.78, 5) is 13.0. The fourth-order valence-electron chi connectivity index (χ4n) is 2.56. The summed E-state index contributed by atoms with van der Waals surface area (Å²) in [5.41, 5.74) is -0.0541. The maximum Gasteiger partial charge on any atom is 0.317 e. The van der Waals surface area contributed by atoms with Crippen LogP contribution in [0.1, 0.15) is 53.4 Å². The van der Waals surface area contributed by atoms with Gasteiger partial charge in [0.1, 0.15) is 0 Å². The normalized spacial score (nSPS) is 26.2. The summed E-state index contributed by atoms with van der Waals surface area (Å²) < 4.78 is 0. The molecule has 1 aliphatic carbocycles. The molecule has 0 radical (unpaired) electrons. The predicted octanol–water partition coefficient (Wildman–Crippen LogP) is 3.00. The summed E-state index contributed by atoms with van der Waals surface area (Å²) in [5.74, 6) is 0.822. The monoisotopic (exact) mass is 241 g/mol. The summed E-state index contributed by atoms with van der Waals surface area (Å²) in [6, 6.07) is 0. The van der Waals surface area contributed by atoms with Crippen LogP contribution in [0.15, 0.2) is 0 Å². The molecule has 0 amide bonds. The van der Waals surface area contributed by atoms with Gasteiger partial charge in [0.15, 0.2) is 0 Å². The number of hydrogen-bond acceptors (Lipinski definition) is 2. The highest BCUT2D eigenvalue weighted by Crippen LogP contribution is 2.30. The zero-order valence-corrected chi connectivity index (χ0v) is 11.7. The van der Waals surface area contributed by atoms with Gasteiger partial charge in [-0.1, -0.05) is 19.8 Å². The van der Waals surface area contributed by atoms with E-state index in [9.17, 15) is 4.79 Å². The van der Waals surface area contributed by atoms with Gasteiger partial charge in [0.25, 0.3) is 0 Å². The van der Waals surface area contributed by atoms with Crippen LogP contribution in [-0.2, 0) is 4.79 Å². The second-order valence-corrected chi connectivity index (χ2v) is 6.57. The maximum atomic E-state index is 10.9. The van der Waals surface area contributed by atoms with E-state index in [1.807, 2.05) is 0 Å². The van der Waals surface area contributed by atoms with Crippen molar-refractivity contribution >= 4 is 5.97 Å². The molecule has 100 valence electrons. The van der Waals surface area contributed by atoms with Crippen LogP contribution >= 0.6 is 0 Å². The summed E-state index contributed by atoms with van der Waals surface area (Å²) in [6.07, 6.45) is 5.12. The van der Waals surface area contributed by atoms with Crippen LogP contribution in [0.25, 0.3) is 0 Å². The Balaban J connectivity index is 2.51. The number of carboxylic acids is 1. The van der Waals surface area contributed by atoms with Crippen molar-refractivity contribution in [2.45, 2.75) is 58.9 Å². The van der Waals surface area contributed by atoms with Gasteiger partial charge >= 0.3 is 5.97 Å². The van der Waals surface area contributed by atoms with Gasteiger partial charge in [-0.15, -0.1) is 0 Å². The van der Waals surface area contributed by atoms with E-state index in [4.69, 9.17) is 5.11 Å². The molecule has 1 aliphatic rings. The van der Waals surface area contributed by atoms with Crippen molar-refractivity contribution in [3.63, 3.8) is 0 Å². The van der Waals surface area contributed by atoms with Crippen LogP contribution in [-0.4, -0.2) is 34.6 Å². The van der Waals surface area contributed by atoms with E-state index in [-0.39, 0.29) is 12.1 Å². The Hall–Kier alpha value is -0.570. The zero-order chi connectivity index (χ0) is 13.1. The standard InChI is InChI=1S/C14H27NO2/c1-11-5-7-12(8-6-11)9-15(10-13(16)17)14(2,3)4/h11-12H,5-10H2,1-4H3,(H,16,17). The number of rotatable bonds is 4. The molecule has 3 heteroatoms. The number of hydrogen-bond donors (Lipinski definition) is 1. The van der Waals surface area contributed by atoms with E-state index < -0.39 is 5.97 Å². The molecule has 0 aromatic carbocycles. The van der Waals surface area contributed by atoms with E-state index in [0.29, 0.717) is 5.92 Å². The van der Waals surface area contributed by atoms with Crippen molar-refractivity contribution in [2.75, 3.05) is 13.1 Å². The third kappa shape index (κ3) is 5.07. The number of nitrogens with zero attached hydrogens (tertiary/aromatic N) is 1. The van der Waals surface area contributed by atoms with Crippen molar-refractivity contribution in [1.82, 2.24) is 4.90 Å². The van der Waals surface area contributed by atoms with Crippen molar-refractivity contribution < 1.29 is 9.90 Å². The fraction of sp³-hybridized carbons (Fsp3) is 0.929. The molecule has 0 atom stereocenters. The molecule has 0 spiro atoms. The van der Waals surface area contributed by atoms with Crippen LogP contribution in [0.3, 0.4) is 0 Å². The smallest absolute Gasteiger partial charge is 0.317 e. The Labute approximate surface area is 105 Å². The summed E-state index contributed by atoms with van der Waals surface area (Å²) in [6.45, 7) is 9.71. The Morgan fingerprint density at radius 3 is 2.18 bits per heavy atom. The van der Waals surface area contributed by atoms with Crippen molar-refractivity contribution in [3.8, 4) is 0 Å². The van der Waals surface area contributed by atoms with Crippen molar-refractivity contribution in [2.24, 2.45) is 11.8 Å². The maximum absolute atomic E-state index is 10.9. The molecule has 0 heterocycles. The van der Waals surface area contributed by atoms with Crippen molar-refractivity contribution in [1.29, 1.82) is 0 Å². The molecule has 3 nitrogen and oxygen atoms in total. The minimum atomic E-state index is -0.718. The highest BCUT2D eigenvalue weighted by molar-refractivity contribution is 5.69. The number of aliphatic carboxylic acids is 1. The van der Waals surface area contributed by atoms with Gasteiger partial charge in [0.2, 0.25) is 0 Å². The largest absolute Gasteiger partial charge is 0.480 e. The van der Waals surface area contributed by atoms with Gasteiger partial charge in [-0.05, 0) is 45.4 Å². The summed E-state index contributed by atoms with van der Waals surface area (Å²) >= 11 is 0. The highest BCUT2D eigenvalue weighted by atomic mass is 16.4. The lowest BCUT2D eigenvalue weighted by Gasteiger charge is -2.38. The van der Waals surface area contributed by atoms with E-state index >= 15 is 0 Å². The molecule has 1 fully saturated rings. The van der Waals surface area contributed by atoms with E-state index in [1.165, 1.54) is 25.7 Å². The van der Waals surface area contributed by atoms with Crippen molar-refractivity contribution in [3.05, 3.63) is 0 Å². The molecular formula is C14H27NO2. The second-order valence-electron chi connectivity index (χ2n) is 6.57. The molecule has 0 saturated heterocycles. The average molecular weight is 241 g/mol. The molecule has 0 aromatic heterocycles. The third-order valence-corrected chi connectivity index (χ3v) is 3.89.